The van der Waals surface area contributed by atoms with E-state index in [0.29, 0.717) is 6.54 Å². The summed E-state index contributed by atoms with van der Waals surface area (Å²) in [6.07, 6.45) is 0. The Kier molecular flexibility index (Phi) is 1.94. The summed E-state index contributed by atoms with van der Waals surface area (Å²) in [5, 5.41) is 10.5. The number of rotatable bonds is 0. The molecule has 3 rings (SSSR count). The van der Waals surface area contributed by atoms with Crippen molar-refractivity contribution in [3.63, 3.8) is 0 Å². The Morgan fingerprint density at radius 2 is 2.31 bits per heavy atom. The van der Waals surface area contributed by atoms with Crippen LogP contribution in [0.4, 0.5) is 11.5 Å². The lowest BCUT2D eigenvalue weighted by Gasteiger charge is -2.40. The molecule has 0 spiro atoms. The van der Waals surface area contributed by atoms with Gasteiger partial charge in [0.15, 0.2) is 5.82 Å². The first kappa shape index (κ1) is 9.65. The first-order chi connectivity index (χ1) is 7.68. The Bertz CT molecular complexity index is 452. The second-order valence-corrected chi connectivity index (χ2v) is 4.31. The number of carbonyl (C=O) groups excluding carboxylic acids is 1. The molecule has 0 radical (unpaired) electrons. The molecule has 0 aromatic carbocycles. The Hall–Kier alpha value is -1.56. The van der Waals surface area contributed by atoms with Gasteiger partial charge in [-0.05, 0) is 6.92 Å². The molecule has 3 heterocycles. The van der Waals surface area contributed by atoms with E-state index in [-0.39, 0.29) is 11.9 Å². The van der Waals surface area contributed by atoms with Gasteiger partial charge in [-0.3, -0.25) is 9.48 Å². The highest BCUT2D eigenvalue weighted by Crippen LogP contribution is 2.34. The summed E-state index contributed by atoms with van der Waals surface area (Å²) in [6, 6.07) is -0.101. The van der Waals surface area contributed by atoms with Crippen LogP contribution >= 0.6 is 0 Å². The molecule has 2 N–H and O–H groups in total. The largest absolute Gasteiger partial charge is 0.340 e. The average molecular weight is 221 g/mol. The number of aryl methyl sites for hydroxylation is 2. The second kappa shape index (κ2) is 3.21. The van der Waals surface area contributed by atoms with E-state index in [0.717, 1.165) is 30.3 Å². The van der Waals surface area contributed by atoms with E-state index < -0.39 is 0 Å². The Morgan fingerprint density at radius 3 is 3.12 bits per heavy atom. The van der Waals surface area contributed by atoms with Crippen LogP contribution in [0, 0.1) is 6.92 Å². The van der Waals surface area contributed by atoms with Crippen molar-refractivity contribution in [2.45, 2.75) is 13.0 Å². The Balaban J connectivity index is 2.12. The summed E-state index contributed by atoms with van der Waals surface area (Å²) < 4.78 is 1.85. The van der Waals surface area contributed by atoms with Crippen LogP contribution in [-0.4, -0.2) is 41.4 Å². The van der Waals surface area contributed by atoms with E-state index in [1.807, 2.05) is 18.7 Å². The van der Waals surface area contributed by atoms with Crippen molar-refractivity contribution in [2.75, 3.05) is 29.9 Å². The monoisotopic (exact) mass is 221 g/mol. The van der Waals surface area contributed by atoms with Crippen molar-refractivity contribution < 1.29 is 4.79 Å². The minimum Gasteiger partial charge on any atom is -0.340 e. The zero-order valence-corrected chi connectivity index (χ0v) is 9.45. The van der Waals surface area contributed by atoms with Gasteiger partial charge in [0.1, 0.15) is 11.7 Å². The summed E-state index contributed by atoms with van der Waals surface area (Å²) in [4.78, 5) is 14.1. The lowest BCUT2D eigenvalue weighted by atomic mass is 10.1. The number of hydrogen-bond acceptors (Lipinski definition) is 4. The number of hydrogen-bond donors (Lipinski definition) is 2. The smallest absolute Gasteiger partial charge is 0.248 e. The lowest BCUT2D eigenvalue weighted by Crippen LogP contribution is -2.59. The third-order valence-electron chi connectivity index (χ3n) is 3.26. The molecule has 0 bridgehead atoms. The van der Waals surface area contributed by atoms with Crippen molar-refractivity contribution in [1.82, 2.24) is 15.1 Å². The van der Waals surface area contributed by atoms with Crippen LogP contribution in [0.1, 0.15) is 5.69 Å². The summed E-state index contributed by atoms with van der Waals surface area (Å²) in [7, 11) is 1.92. The predicted molar refractivity (Wildman–Crippen MR) is 60.6 cm³/mol. The van der Waals surface area contributed by atoms with E-state index in [2.05, 4.69) is 20.6 Å². The minimum absolute atomic E-state index is 0.0656. The molecule has 6 heteroatoms. The molecule has 6 nitrogen and oxygen atoms in total. The molecule has 16 heavy (non-hydrogen) atoms. The van der Waals surface area contributed by atoms with E-state index in [1.54, 1.807) is 0 Å². The molecule has 2 aliphatic heterocycles. The van der Waals surface area contributed by atoms with E-state index >= 15 is 0 Å². The fraction of sp³-hybridized carbons (Fsp3) is 0.600. The fourth-order valence-corrected chi connectivity index (χ4v) is 2.52. The number of fused-ring (bicyclic) bond motifs is 3. The molecule has 86 valence electrons. The van der Waals surface area contributed by atoms with Crippen molar-refractivity contribution in [3.05, 3.63) is 5.69 Å². The van der Waals surface area contributed by atoms with E-state index in [9.17, 15) is 4.79 Å². The number of anilines is 2. The molecule has 1 atom stereocenters. The molecule has 2 aliphatic rings. The van der Waals surface area contributed by atoms with Gasteiger partial charge < -0.3 is 15.5 Å². The number of piperazine rings is 1. The van der Waals surface area contributed by atoms with Gasteiger partial charge in [0.05, 0.1) is 5.69 Å². The van der Waals surface area contributed by atoms with Gasteiger partial charge in [0.25, 0.3) is 0 Å². The number of aromatic nitrogens is 2. The third kappa shape index (κ3) is 1.16. The molecular weight excluding hydrogens is 206 g/mol. The zero-order chi connectivity index (χ0) is 11.3. The molecule has 1 unspecified atom stereocenters. The highest BCUT2D eigenvalue weighted by molar-refractivity contribution is 6.03. The zero-order valence-electron chi connectivity index (χ0n) is 9.45. The van der Waals surface area contributed by atoms with Gasteiger partial charge in [-0.2, -0.15) is 5.10 Å². The molecule has 0 aliphatic carbocycles. The highest BCUT2D eigenvalue weighted by atomic mass is 16.2. The van der Waals surface area contributed by atoms with Crippen LogP contribution in [0.25, 0.3) is 0 Å². The standard InChI is InChI=1S/C10H15N5O/c1-6-8-10(14(2)13-6)15-4-3-11-5-7(15)9(16)12-8/h7,11H,3-5H2,1-2H3,(H,12,16). The molecule has 1 aromatic rings. The molecular formula is C10H15N5O. The summed E-state index contributed by atoms with van der Waals surface area (Å²) in [5.41, 5.74) is 1.74. The third-order valence-corrected chi connectivity index (χ3v) is 3.26. The van der Waals surface area contributed by atoms with Crippen molar-refractivity contribution in [2.24, 2.45) is 7.05 Å². The SMILES string of the molecule is Cc1nn(C)c2c1NC(=O)C1CNCCN21. The van der Waals surface area contributed by atoms with Gasteiger partial charge in [-0.15, -0.1) is 0 Å². The molecule has 1 aromatic heterocycles. The molecule has 0 saturated carbocycles. The predicted octanol–water partition coefficient (Wildman–Crippen LogP) is -0.541. The number of amides is 1. The van der Waals surface area contributed by atoms with Crippen LogP contribution in [0.5, 0.6) is 0 Å². The maximum absolute atomic E-state index is 11.9. The number of nitrogens with zero attached hydrogens (tertiary/aromatic N) is 3. The van der Waals surface area contributed by atoms with Crippen molar-refractivity contribution >= 4 is 17.4 Å². The van der Waals surface area contributed by atoms with E-state index in [1.165, 1.54) is 0 Å². The molecule has 1 fully saturated rings. The Labute approximate surface area is 93.6 Å². The molecule has 1 amide bonds. The van der Waals surface area contributed by atoms with Crippen LogP contribution < -0.4 is 15.5 Å². The first-order valence-electron chi connectivity index (χ1n) is 5.50. The van der Waals surface area contributed by atoms with Crippen molar-refractivity contribution in [3.8, 4) is 0 Å². The van der Waals surface area contributed by atoms with Gasteiger partial charge in [0.2, 0.25) is 5.91 Å². The summed E-state index contributed by atoms with van der Waals surface area (Å²) in [5.74, 6) is 1.10. The van der Waals surface area contributed by atoms with Crippen molar-refractivity contribution in [1.29, 1.82) is 0 Å². The average Bonchev–Trinajstić information content (AvgIpc) is 2.55. The van der Waals surface area contributed by atoms with Gasteiger partial charge in [-0.1, -0.05) is 0 Å². The molecule has 1 saturated heterocycles. The quantitative estimate of drug-likeness (QED) is 0.617. The maximum Gasteiger partial charge on any atom is 0.248 e. The Morgan fingerprint density at radius 1 is 1.50 bits per heavy atom. The first-order valence-corrected chi connectivity index (χ1v) is 5.50. The van der Waals surface area contributed by atoms with Crippen LogP contribution in [0.2, 0.25) is 0 Å². The second-order valence-electron chi connectivity index (χ2n) is 4.31. The van der Waals surface area contributed by atoms with Gasteiger partial charge in [0, 0.05) is 26.7 Å². The maximum atomic E-state index is 11.9. The van der Waals surface area contributed by atoms with Crippen LogP contribution in [0.15, 0.2) is 0 Å². The van der Waals surface area contributed by atoms with Crippen LogP contribution in [-0.2, 0) is 11.8 Å². The van der Waals surface area contributed by atoms with Crippen LogP contribution in [0.3, 0.4) is 0 Å². The minimum atomic E-state index is -0.101. The van der Waals surface area contributed by atoms with Gasteiger partial charge in [-0.25, -0.2) is 0 Å². The summed E-state index contributed by atoms with van der Waals surface area (Å²) in [6.45, 7) is 4.38. The topological polar surface area (TPSA) is 62.2 Å². The van der Waals surface area contributed by atoms with E-state index in [4.69, 9.17) is 0 Å². The summed E-state index contributed by atoms with van der Waals surface area (Å²) >= 11 is 0. The highest BCUT2D eigenvalue weighted by Gasteiger charge is 2.37. The number of nitrogens with one attached hydrogen (secondary N) is 2. The fourth-order valence-electron chi connectivity index (χ4n) is 2.52. The lowest BCUT2D eigenvalue weighted by molar-refractivity contribution is -0.117. The normalized spacial score (nSPS) is 23.8. The number of carbonyl (C=O) groups is 1. The van der Waals surface area contributed by atoms with Gasteiger partial charge >= 0.3 is 0 Å².